The van der Waals surface area contributed by atoms with Gasteiger partial charge in [-0.2, -0.15) is 0 Å². The number of amides is 1. The quantitative estimate of drug-likeness (QED) is 0.594. The second-order valence-electron chi connectivity index (χ2n) is 7.20. The van der Waals surface area contributed by atoms with Gasteiger partial charge in [0.05, 0.1) is 24.8 Å². The normalized spacial score (nSPS) is 11.5. The first-order chi connectivity index (χ1) is 15.6. The average molecular weight is 427 g/mol. The zero-order valence-corrected chi connectivity index (χ0v) is 17.4. The molecule has 0 atom stereocenters. The maximum Gasteiger partial charge on any atom is 0.407 e. The lowest BCUT2D eigenvalue weighted by Crippen LogP contribution is -2.26. The Kier molecular flexibility index (Phi) is 6.09. The number of aromatic carboxylic acids is 1. The summed E-state index contributed by atoms with van der Waals surface area (Å²) >= 11 is 0. The fourth-order valence-electron chi connectivity index (χ4n) is 3.83. The molecule has 0 unspecified atom stereocenters. The minimum absolute atomic E-state index is 0.00348. The van der Waals surface area contributed by atoms with E-state index in [0.717, 1.165) is 11.1 Å². The summed E-state index contributed by atoms with van der Waals surface area (Å²) < 4.78 is 10.7. The molecule has 1 amide bonds. The fraction of sp³-hybridized carbons (Fsp3) is 0.154. The molecular formula is C26H21NO5. The van der Waals surface area contributed by atoms with Crippen LogP contribution in [0, 0.1) is 11.8 Å². The van der Waals surface area contributed by atoms with Crippen LogP contribution in [0.5, 0.6) is 5.75 Å². The molecule has 32 heavy (non-hydrogen) atoms. The first-order valence-electron chi connectivity index (χ1n) is 10.1. The Balaban J connectivity index is 1.35. The van der Waals surface area contributed by atoms with Crippen molar-refractivity contribution in [3.63, 3.8) is 0 Å². The summed E-state index contributed by atoms with van der Waals surface area (Å²) in [5, 5.41) is 11.7. The predicted octanol–water partition coefficient (Wildman–Crippen LogP) is 4.28. The lowest BCUT2D eigenvalue weighted by molar-refractivity contribution is 0.0696. The molecule has 0 fully saturated rings. The zero-order chi connectivity index (χ0) is 22.5. The number of ether oxygens (including phenoxy) is 2. The summed E-state index contributed by atoms with van der Waals surface area (Å²) in [7, 11) is 1.45. The smallest absolute Gasteiger partial charge is 0.407 e. The summed E-state index contributed by atoms with van der Waals surface area (Å²) in [6, 6.07) is 20.7. The van der Waals surface area contributed by atoms with Crippen LogP contribution in [0.15, 0.2) is 66.7 Å². The Morgan fingerprint density at radius 1 is 1.00 bits per heavy atom. The Morgan fingerprint density at radius 3 is 2.28 bits per heavy atom. The Labute approximate surface area is 185 Å². The SMILES string of the molecule is COc1cc(C(=O)O)ccc1C#CCNC(=O)OCC1c2ccccc2-c2ccccc21. The van der Waals surface area contributed by atoms with E-state index < -0.39 is 12.1 Å². The van der Waals surface area contributed by atoms with Gasteiger partial charge >= 0.3 is 12.1 Å². The van der Waals surface area contributed by atoms with E-state index in [9.17, 15) is 9.59 Å². The van der Waals surface area contributed by atoms with Crippen molar-refractivity contribution in [2.24, 2.45) is 0 Å². The number of carbonyl (C=O) groups is 2. The monoisotopic (exact) mass is 427 g/mol. The van der Waals surface area contributed by atoms with Gasteiger partial charge in [0.15, 0.2) is 0 Å². The molecule has 0 aromatic heterocycles. The summed E-state index contributed by atoms with van der Waals surface area (Å²) in [5.74, 6) is 5.01. The molecule has 0 bridgehead atoms. The van der Waals surface area contributed by atoms with Gasteiger partial charge in [0.25, 0.3) is 0 Å². The predicted molar refractivity (Wildman–Crippen MR) is 120 cm³/mol. The third-order valence-corrected chi connectivity index (χ3v) is 5.34. The average Bonchev–Trinajstić information content (AvgIpc) is 3.14. The number of methoxy groups -OCH3 is 1. The molecule has 0 radical (unpaired) electrons. The highest BCUT2D eigenvalue weighted by atomic mass is 16.5. The second-order valence-corrected chi connectivity index (χ2v) is 7.20. The largest absolute Gasteiger partial charge is 0.495 e. The third kappa shape index (κ3) is 4.28. The van der Waals surface area contributed by atoms with Crippen molar-refractivity contribution in [2.45, 2.75) is 5.92 Å². The molecule has 0 heterocycles. The van der Waals surface area contributed by atoms with Gasteiger partial charge in [-0.05, 0) is 40.5 Å². The fourth-order valence-corrected chi connectivity index (χ4v) is 3.83. The van der Waals surface area contributed by atoms with Gasteiger partial charge in [0, 0.05) is 5.92 Å². The number of benzene rings is 3. The molecule has 0 spiro atoms. The number of alkyl carbamates (subject to hydrolysis) is 1. The van der Waals surface area contributed by atoms with Crippen LogP contribution in [0.1, 0.15) is 33.0 Å². The number of hydrogen-bond donors (Lipinski definition) is 2. The molecule has 0 aliphatic heterocycles. The Bertz CT molecular complexity index is 1190. The molecule has 2 N–H and O–H groups in total. The highest BCUT2D eigenvalue weighted by Crippen LogP contribution is 2.44. The van der Waals surface area contributed by atoms with Crippen molar-refractivity contribution >= 4 is 12.1 Å². The van der Waals surface area contributed by atoms with Crippen molar-refractivity contribution in [1.82, 2.24) is 5.32 Å². The zero-order valence-electron chi connectivity index (χ0n) is 17.4. The van der Waals surface area contributed by atoms with E-state index in [1.165, 1.54) is 30.4 Å². The van der Waals surface area contributed by atoms with Crippen LogP contribution in [0.4, 0.5) is 4.79 Å². The number of fused-ring (bicyclic) bond motifs is 3. The highest BCUT2D eigenvalue weighted by molar-refractivity contribution is 5.88. The highest BCUT2D eigenvalue weighted by Gasteiger charge is 2.28. The van der Waals surface area contributed by atoms with E-state index in [-0.39, 0.29) is 24.6 Å². The maximum absolute atomic E-state index is 12.2. The summed E-state index contributed by atoms with van der Waals surface area (Å²) in [4.78, 5) is 23.2. The van der Waals surface area contributed by atoms with Crippen LogP contribution in [0.3, 0.4) is 0 Å². The summed E-state index contributed by atoms with van der Waals surface area (Å²) in [6.45, 7) is 0.318. The van der Waals surface area contributed by atoms with Crippen LogP contribution >= 0.6 is 0 Å². The van der Waals surface area contributed by atoms with E-state index in [1.807, 2.05) is 24.3 Å². The number of carboxylic acids is 1. The van der Waals surface area contributed by atoms with Gasteiger partial charge in [-0.25, -0.2) is 9.59 Å². The molecular weight excluding hydrogens is 406 g/mol. The van der Waals surface area contributed by atoms with E-state index in [2.05, 4.69) is 41.4 Å². The van der Waals surface area contributed by atoms with Crippen molar-refractivity contribution in [3.05, 3.63) is 89.0 Å². The third-order valence-electron chi connectivity index (χ3n) is 5.34. The molecule has 1 aliphatic carbocycles. The van der Waals surface area contributed by atoms with Crippen LogP contribution in [-0.4, -0.2) is 37.4 Å². The molecule has 0 saturated carbocycles. The van der Waals surface area contributed by atoms with Gasteiger partial charge in [0.1, 0.15) is 12.4 Å². The number of carboxylic acid groups (broad SMARTS) is 1. The minimum atomic E-state index is -1.04. The Hall–Kier alpha value is -4.24. The summed E-state index contributed by atoms with van der Waals surface area (Å²) in [5.41, 5.74) is 5.30. The van der Waals surface area contributed by atoms with Crippen molar-refractivity contribution in [2.75, 3.05) is 20.3 Å². The van der Waals surface area contributed by atoms with Gasteiger partial charge in [0.2, 0.25) is 0 Å². The first kappa shape index (κ1) is 21.0. The van der Waals surface area contributed by atoms with Crippen LogP contribution in [-0.2, 0) is 4.74 Å². The standard InChI is InChI=1S/C26H21NO5/c1-31-24-15-18(25(28)29)13-12-17(24)7-6-14-27-26(30)32-16-23-21-10-4-2-8-19(21)20-9-3-5-11-22(20)23/h2-5,8-13,15,23H,14,16H2,1H3,(H,27,30)(H,28,29). The van der Waals surface area contributed by atoms with Crippen molar-refractivity contribution < 1.29 is 24.2 Å². The topological polar surface area (TPSA) is 84.9 Å². The maximum atomic E-state index is 12.2. The first-order valence-corrected chi connectivity index (χ1v) is 10.1. The number of carbonyl (C=O) groups excluding carboxylic acids is 1. The molecule has 0 saturated heterocycles. The number of nitrogens with one attached hydrogen (secondary N) is 1. The van der Waals surface area contributed by atoms with Crippen LogP contribution < -0.4 is 10.1 Å². The lowest BCUT2D eigenvalue weighted by Gasteiger charge is -2.14. The van der Waals surface area contributed by atoms with Gasteiger partial charge in [-0.3, -0.25) is 0 Å². The minimum Gasteiger partial charge on any atom is -0.495 e. The van der Waals surface area contributed by atoms with Gasteiger partial charge < -0.3 is 19.9 Å². The van der Waals surface area contributed by atoms with E-state index in [0.29, 0.717) is 11.3 Å². The number of rotatable bonds is 5. The molecule has 6 heteroatoms. The van der Waals surface area contributed by atoms with Gasteiger partial charge in [-0.1, -0.05) is 60.4 Å². The van der Waals surface area contributed by atoms with E-state index >= 15 is 0 Å². The van der Waals surface area contributed by atoms with Crippen molar-refractivity contribution in [1.29, 1.82) is 0 Å². The van der Waals surface area contributed by atoms with E-state index in [4.69, 9.17) is 14.6 Å². The Morgan fingerprint density at radius 2 is 1.66 bits per heavy atom. The molecule has 3 aromatic rings. The van der Waals surface area contributed by atoms with Crippen LogP contribution in [0.25, 0.3) is 11.1 Å². The molecule has 3 aromatic carbocycles. The molecule has 4 rings (SSSR count). The molecule has 160 valence electrons. The lowest BCUT2D eigenvalue weighted by atomic mass is 9.98. The second kappa shape index (κ2) is 9.27. The van der Waals surface area contributed by atoms with E-state index in [1.54, 1.807) is 6.07 Å². The van der Waals surface area contributed by atoms with Crippen molar-refractivity contribution in [3.8, 4) is 28.7 Å². The molecule has 6 nitrogen and oxygen atoms in total. The van der Waals surface area contributed by atoms with Gasteiger partial charge in [-0.15, -0.1) is 0 Å². The summed E-state index contributed by atoms with van der Waals surface area (Å²) in [6.07, 6.45) is -0.547. The number of hydrogen-bond acceptors (Lipinski definition) is 4. The molecule has 1 aliphatic rings. The van der Waals surface area contributed by atoms with Crippen LogP contribution in [0.2, 0.25) is 0 Å².